The van der Waals surface area contributed by atoms with Gasteiger partial charge < -0.3 is 20.8 Å². The first-order chi connectivity index (χ1) is 24.0. The Morgan fingerprint density at radius 2 is 0.843 bits per heavy atom. The van der Waals surface area contributed by atoms with Crippen LogP contribution in [0.4, 0.5) is 0 Å². The highest BCUT2D eigenvalue weighted by Gasteiger charge is 2.62. The van der Waals surface area contributed by atoms with Crippen molar-refractivity contribution in [2.24, 2.45) is 23.0 Å². The zero-order valence-corrected chi connectivity index (χ0v) is 31.6. The molecule has 2 amide bonds. The summed E-state index contributed by atoms with van der Waals surface area (Å²) in [4.78, 5) is 30.6. The van der Waals surface area contributed by atoms with E-state index >= 15 is 4.79 Å². The summed E-state index contributed by atoms with van der Waals surface area (Å²) in [6.45, 7) is 16.3. The van der Waals surface area contributed by atoms with Crippen LogP contribution in [0.5, 0.6) is 0 Å². The monoisotopic (exact) mass is 688 g/mol. The fourth-order valence-electron chi connectivity index (χ4n) is 7.64. The lowest BCUT2D eigenvalue weighted by molar-refractivity contribution is -0.163. The number of carbonyl (C=O) groups is 2. The lowest BCUT2D eigenvalue weighted by atomic mass is 9.71. The fraction of sp³-hybridized carbons (Fsp3) is 0.422. The number of nitrogens with two attached hydrogens (primary N) is 1. The SMILES string of the molecule is Cc1ccc(C(O)(c2ccc(C)cc2)[C@@H](CC(C)C)N(C(=O)C2(C(N)=O)CC2)[C@H](CC(C)C)C(O)(c2ccc(C)cc2)c2ccc(C)cc2)cc1. The summed E-state index contributed by atoms with van der Waals surface area (Å²) >= 11 is 0. The van der Waals surface area contributed by atoms with Crippen molar-refractivity contribution in [3.8, 4) is 0 Å². The highest BCUT2D eigenvalue weighted by Crippen LogP contribution is 2.52. The van der Waals surface area contributed by atoms with E-state index in [1.54, 1.807) is 4.90 Å². The van der Waals surface area contributed by atoms with Crippen molar-refractivity contribution in [1.29, 1.82) is 0 Å². The molecule has 0 aliphatic heterocycles. The topological polar surface area (TPSA) is 104 Å². The van der Waals surface area contributed by atoms with Crippen LogP contribution in [0.2, 0.25) is 0 Å². The number of carbonyl (C=O) groups excluding carboxylic acids is 2. The second-order valence-electron chi connectivity index (χ2n) is 15.9. The third kappa shape index (κ3) is 7.40. The molecule has 5 rings (SSSR count). The van der Waals surface area contributed by atoms with Crippen LogP contribution in [-0.4, -0.2) is 39.0 Å². The zero-order chi connectivity index (χ0) is 37.3. The van der Waals surface area contributed by atoms with Crippen molar-refractivity contribution in [3.63, 3.8) is 0 Å². The Bertz CT molecular complexity index is 1600. The maximum absolute atomic E-state index is 15.6. The number of nitrogens with zero attached hydrogens (tertiary/aromatic N) is 1. The van der Waals surface area contributed by atoms with Crippen molar-refractivity contribution in [1.82, 2.24) is 4.90 Å². The van der Waals surface area contributed by atoms with E-state index < -0.39 is 40.5 Å². The first kappa shape index (κ1) is 38.0. The smallest absolute Gasteiger partial charge is 0.239 e. The average molecular weight is 689 g/mol. The molecule has 0 saturated heterocycles. The molecule has 270 valence electrons. The number of hydrogen-bond acceptors (Lipinski definition) is 4. The van der Waals surface area contributed by atoms with Crippen molar-refractivity contribution in [2.45, 2.75) is 104 Å². The van der Waals surface area contributed by atoms with Crippen molar-refractivity contribution in [3.05, 3.63) is 142 Å². The Kier molecular flexibility index (Phi) is 11.0. The molecule has 51 heavy (non-hydrogen) atoms. The van der Waals surface area contributed by atoms with Crippen molar-refractivity contribution >= 4 is 11.8 Å². The van der Waals surface area contributed by atoms with E-state index in [1.165, 1.54) is 0 Å². The second-order valence-corrected chi connectivity index (χ2v) is 15.9. The predicted octanol–water partition coefficient (Wildman–Crippen LogP) is 8.02. The first-order valence-corrected chi connectivity index (χ1v) is 18.4. The van der Waals surface area contributed by atoms with Crippen LogP contribution in [0.15, 0.2) is 97.1 Å². The molecule has 4 N–H and O–H groups in total. The van der Waals surface area contributed by atoms with E-state index in [0.29, 0.717) is 47.9 Å². The minimum absolute atomic E-state index is 0.0167. The zero-order valence-electron chi connectivity index (χ0n) is 31.6. The predicted molar refractivity (Wildman–Crippen MR) is 205 cm³/mol. The van der Waals surface area contributed by atoms with Gasteiger partial charge in [-0.3, -0.25) is 9.59 Å². The Labute approximate surface area is 304 Å². The van der Waals surface area contributed by atoms with Gasteiger partial charge in [-0.15, -0.1) is 0 Å². The Balaban J connectivity index is 1.91. The van der Waals surface area contributed by atoms with Gasteiger partial charge in [-0.05, 0) is 87.5 Å². The minimum Gasteiger partial charge on any atom is -0.378 e. The van der Waals surface area contributed by atoms with Gasteiger partial charge in [-0.25, -0.2) is 0 Å². The number of rotatable bonds is 14. The molecule has 0 aromatic heterocycles. The fourth-order valence-corrected chi connectivity index (χ4v) is 7.64. The summed E-state index contributed by atoms with van der Waals surface area (Å²) in [6.07, 6.45) is 1.40. The molecule has 0 heterocycles. The summed E-state index contributed by atoms with van der Waals surface area (Å²) in [5.41, 5.74) is 7.86. The van der Waals surface area contributed by atoms with Crippen LogP contribution in [0.1, 0.15) is 97.9 Å². The quantitative estimate of drug-likeness (QED) is 0.117. The van der Waals surface area contributed by atoms with E-state index in [0.717, 1.165) is 22.3 Å². The summed E-state index contributed by atoms with van der Waals surface area (Å²) in [5, 5.41) is 27.3. The van der Waals surface area contributed by atoms with Crippen LogP contribution in [0.25, 0.3) is 0 Å². The molecular weight excluding hydrogens is 633 g/mol. The molecule has 0 bridgehead atoms. The third-order valence-electron chi connectivity index (χ3n) is 10.9. The highest BCUT2D eigenvalue weighted by molar-refractivity contribution is 6.07. The number of benzene rings is 4. The Hall–Kier alpha value is -4.26. The van der Waals surface area contributed by atoms with Gasteiger partial charge in [0.05, 0.1) is 12.1 Å². The Morgan fingerprint density at radius 3 is 1.04 bits per heavy atom. The standard InChI is InChI=1S/C45H56N2O4/c1-29(2)27-39(44(50,35-17-9-31(5)10-18-35)36-19-11-32(6)12-20-36)47(42(49)43(25-26-43)41(46)48)40(28-30(3)4)45(51,37-21-13-33(7)14-22-37)38-23-15-34(8)16-24-38/h9-24,29-30,39-40,50-51H,25-28H2,1-8H3,(H2,46,48)/t39-,40-/m1/s1. The van der Waals surface area contributed by atoms with E-state index in [9.17, 15) is 15.0 Å². The van der Waals surface area contributed by atoms with Crippen LogP contribution in [-0.2, 0) is 20.8 Å². The van der Waals surface area contributed by atoms with Gasteiger partial charge >= 0.3 is 0 Å². The number of aliphatic hydroxyl groups is 2. The van der Waals surface area contributed by atoms with Gasteiger partial charge in [0.2, 0.25) is 11.8 Å². The van der Waals surface area contributed by atoms with Gasteiger partial charge in [0.25, 0.3) is 0 Å². The molecule has 1 saturated carbocycles. The van der Waals surface area contributed by atoms with E-state index in [1.807, 2.05) is 125 Å². The summed E-state index contributed by atoms with van der Waals surface area (Å²) < 4.78 is 0. The van der Waals surface area contributed by atoms with Crippen LogP contribution >= 0.6 is 0 Å². The lowest BCUT2D eigenvalue weighted by Gasteiger charge is -2.53. The van der Waals surface area contributed by atoms with Gasteiger partial charge in [0.1, 0.15) is 16.6 Å². The van der Waals surface area contributed by atoms with Gasteiger partial charge in [0, 0.05) is 0 Å². The maximum atomic E-state index is 15.6. The second kappa shape index (κ2) is 14.8. The third-order valence-corrected chi connectivity index (χ3v) is 10.9. The molecule has 1 aliphatic rings. The Morgan fingerprint density at radius 1 is 0.588 bits per heavy atom. The molecule has 2 atom stereocenters. The van der Waals surface area contributed by atoms with Gasteiger partial charge in [-0.1, -0.05) is 147 Å². The van der Waals surface area contributed by atoms with Crippen molar-refractivity contribution < 1.29 is 19.8 Å². The van der Waals surface area contributed by atoms with Gasteiger partial charge in [0.15, 0.2) is 0 Å². The number of hydrogen-bond donors (Lipinski definition) is 3. The molecule has 1 aliphatic carbocycles. The number of primary amides is 1. The molecule has 1 fully saturated rings. The average Bonchev–Trinajstić information content (AvgIpc) is 3.90. The molecule has 0 radical (unpaired) electrons. The maximum Gasteiger partial charge on any atom is 0.239 e. The lowest BCUT2D eigenvalue weighted by Crippen LogP contribution is -2.65. The van der Waals surface area contributed by atoms with Crippen LogP contribution < -0.4 is 5.73 Å². The molecule has 0 unspecified atom stereocenters. The molecule has 6 heteroatoms. The highest BCUT2D eigenvalue weighted by atomic mass is 16.3. The van der Waals surface area contributed by atoms with Gasteiger partial charge in [-0.2, -0.15) is 0 Å². The summed E-state index contributed by atoms with van der Waals surface area (Å²) in [6, 6.07) is 29.4. The molecule has 4 aromatic rings. The van der Waals surface area contributed by atoms with Crippen LogP contribution in [0, 0.1) is 44.9 Å². The molecular formula is C45H56N2O4. The summed E-state index contributed by atoms with van der Waals surface area (Å²) in [7, 11) is 0. The largest absolute Gasteiger partial charge is 0.378 e. The molecule has 0 spiro atoms. The molecule has 4 aromatic carbocycles. The molecule has 6 nitrogen and oxygen atoms in total. The van der Waals surface area contributed by atoms with Crippen LogP contribution in [0.3, 0.4) is 0 Å². The number of aryl methyl sites for hydroxylation is 4. The van der Waals surface area contributed by atoms with E-state index in [2.05, 4.69) is 27.7 Å². The summed E-state index contributed by atoms with van der Waals surface area (Å²) in [5.74, 6) is -1.08. The number of amides is 2. The normalized spacial score (nSPS) is 15.5. The van der Waals surface area contributed by atoms with E-state index in [-0.39, 0.29) is 11.8 Å². The van der Waals surface area contributed by atoms with E-state index in [4.69, 9.17) is 5.73 Å². The van der Waals surface area contributed by atoms with Crippen molar-refractivity contribution in [2.75, 3.05) is 0 Å². The minimum atomic E-state index is -1.73. The first-order valence-electron chi connectivity index (χ1n) is 18.4.